The van der Waals surface area contributed by atoms with Crippen molar-refractivity contribution in [3.05, 3.63) is 46.6 Å². The molecule has 5 heteroatoms. The minimum absolute atomic E-state index is 0.247. The van der Waals surface area contributed by atoms with Crippen molar-refractivity contribution in [3.63, 3.8) is 0 Å². The summed E-state index contributed by atoms with van der Waals surface area (Å²) in [5.41, 5.74) is 3.23. The van der Waals surface area contributed by atoms with E-state index in [-0.39, 0.29) is 5.56 Å². The number of carboxylic acid groups (broad SMARTS) is 1. The number of carbonyl (C=O) groups is 1. The van der Waals surface area contributed by atoms with Crippen molar-refractivity contribution in [2.24, 2.45) is 7.05 Å². The van der Waals surface area contributed by atoms with Crippen LogP contribution in [0.5, 0.6) is 0 Å². The van der Waals surface area contributed by atoms with E-state index in [2.05, 4.69) is 35.5 Å². The van der Waals surface area contributed by atoms with E-state index >= 15 is 0 Å². The number of anilines is 1. The molecular weight excluding hydrogens is 254 g/mol. The van der Waals surface area contributed by atoms with E-state index in [9.17, 15) is 9.90 Å². The molecular formula is C15H19N3O2. The summed E-state index contributed by atoms with van der Waals surface area (Å²) in [7, 11) is 1.74. The van der Waals surface area contributed by atoms with Gasteiger partial charge >= 0.3 is 5.97 Å². The molecule has 0 aliphatic rings. The Kier molecular flexibility index (Phi) is 4.08. The number of benzene rings is 1. The second-order valence-electron chi connectivity index (χ2n) is 4.90. The summed E-state index contributed by atoms with van der Waals surface area (Å²) in [5, 5.41) is 16.5. The molecule has 2 rings (SSSR count). The number of aromatic nitrogens is 2. The van der Waals surface area contributed by atoms with E-state index in [0.29, 0.717) is 18.1 Å². The Hall–Kier alpha value is -2.30. The molecule has 20 heavy (non-hydrogen) atoms. The van der Waals surface area contributed by atoms with Crippen LogP contribution in [-0.4, -0.2) is 27.4 Å². The average Bonchev–Trinajstić information content (AvgIpc) is 2.64. The van der Waals surface area contributed by atoms with Gasteiger partial charge in [-0.05, 0) is 25.8 Å². The normalized spacial score (nSPS) is 10.6. The van der Waals surface area contributed by atoms with Crippen LogP contribution in [0.2, 0.25) is 0 Å². The molecule has 0 fully saturated rings. The molecule has 0 radical (unpaired) electrons. The Morgan fingerprint density at radius 2 is 2.15 bits per heavy atom. The number of aromatic carboxylic acids is 1. The van der Waals surface area contributed by atoms with Gasteiger partial charge in [0.1, 0.15) is 11.4 Å². The number of hydrogen-bond acceptors (Lipinski definition) is 3. The minimum Gasteiger partial charge on any atom is -0.477 e. The maximum atomic E-state index is 11.2. The van der Waals surface area contributed by atoms with Gasteiger partial charge in [0.15, 0.2) is 0 Å². The zero-order chi connectivity index (χ0) is 14.7. The maximum Gasteiger partial charge on any atom is 0.341 e. The van der Waals surface area contributed by atoms with Gasteiger partial charge in [-0.25, -0.2) is 4.79 Å². The van der Waals surface area contributed by atoms with E-state index in [1.54, 1.807) is 18.7 Å². The smallest absolute Gasteiger partial charge is 0.341 e. The zero-order valence-electron chi connectivity index (χ0n) is 12.0. The molecule has 1 heterocycles. The van der Waals surface area contributed by atoms with Gasteiger partial charge < -0.3 is 10.4 Å². The van der Waals surface area contributed by atoms with Gasteiger partial charge in [0.05, 0.1) is 5.69 Å². The molecule has 106 valence electrons. The molecule has 0 saturated heterocycles. The molecule has 0 spiro atoms. The van der Waals surface area contributed by atoms with Crippen molar-refractivity contribution >= 4 is 11.8 Å². The van der Waals surface area contributed by atoms with Gasteiger partial charge in [0.2, 0.25) is 0 Å². The number of rotatable bonds is 5. The standard InChI is InChI=1S/C15H19N3O2/c1-10-5-4-6-12(9-10)7-8-16-14-13(15(19)20)11(2)17-18(14)3/h4-6,9,16H,7-8H2,1-3H3,(H,19,20). The molecule has 0 amide bonds. The molecule has 0 unspecified atom stereocenters. The zero-order valence-corrected chi connectivity index (χ0v) is 12.0. The third-order valence-corrected chi connectivity index (χ3v) is 3.22. The first-order valence-electron chi connectivity index (χ1n) is 6.55. The van der Waals surface area contributed by atoms with Crippen molar-refractivity contribution in [3.8, 4) is 0 Å². The van der Waals surface area contributed by atoms with Crippen LogP contribution >= 0.6 is 0 Å². The molecule has 1 aromatic heterocycles. The van der Waals surface area contributed by atoms with E-state index in [1.165, 1.54) is 11.1 Å². The highest BCUT2D eigenvalue weighted by molar-refractivity contribution is 5.94. The quantitative estimate of drug-likeness (QED) is 0.877. The molecule has 0 atom stereocenters. The van der Waals surface area contributed by atoms with Crippen LogP contribution in [-0.2, 0) is 13.5 Å². The predicted molar refractivity (Wildman–Crippen MR) is 78.3 cm³/mol. The van der Waals surface area contributed by atoms with Crippen molar-refractivity contribution in [2.75, 3.05) is 11.9 Å². The fourth-order valence-electron chi connectivity index (χ4n) is 2.31. The third kappa shape index (κ3) is 2.99. The molecule has 1 aromatic carbocycles. The predicted octanol–water partition coefficient (Wildman–Crippen LogP) is 2.39. The Bertz CT molecular complexity index is 632. The van der Waals surface area contributed by atoms with Crippen LogP contribution in [0.3, 0.4) is 0 Å². The monoisotopic (exact) mass is 273 g/mol. The highest BCUT2D eigenvalue weighted by Gasteiger charge is 2.18. The second kappa shape index (κ2) is 5.77. The maximum absolute atomic E-state index is 11.2. The summed E-state index contributed by atoms with van der Waals surface area (Å²) >= 11 is 0. The number of nitrogens with zero attached hydrogens (tertiary/aromatic N) is 2. The average molecular weight is 273 g/mol. The lowest BCUT2D eigenvalue weighted by Crippen LogP contribution is -2.12. The van der Waals surface area contributed by atoms with Crippen molar-refractivity contribution < 1.29 is 9.90 Å². The summed E-state index contributed by atoms with van der Waals surface area (Å²) in [6.45, 7) is 4.43. The summed E-state index contributed by atoms with van der Waals surface area (Å²) in [6, 6.07) is 8.29. The van der Waals surface area contributed by atoms with Gasteiger partial charge in [-0.1, -0.05) is 29.8 Å². The Balaban J connectivity index is 2.06. The molecule has 0 saturated carbocycles. The SMILES string of the molecule is Cc1cccc(CCNc2c(C(=O)O)c(C)nn2C)c1. The van der Waals surface area contributed by atoms with Crippen LogP contribution in [0.4, 0.5) is 5.82 Å². The van der Waals surface area contributed by atoms with E-state index < -0.39 is 5.97 Å². The Morgan fingerprint density at radius 3 is 2.80 bits per heavy atom. The second-order valence-corrected chi connectivity index (χ2v) is 4.90. The van der Waals surface area contributed by atoms with Gasteiger partial charge in [-0.15, -0.1) is 0 Å². The van der Waals surface area contributed by atoms with Crippen molar-refractivity contribution in [1.29, 1.82) is 0 Å². The number of hydrogen-bond donors (Lipinski definition) is 2. The molecule has 2 N–H and O–H groups in total. The van der Waals surface area contributed by atoms with E-state index in [0.717, 1.165) is 6.42 Å². The molecule has 5 nitrogen and oxygen atoms in total. The summed E-state index contributed by atoms with van der Waals surface area (Å²) in [5.74, 6) is -0.392. The molecule has 2 aromatic rings. The van der Waals surface area contributed by atoms with Crippen LogP contribution in [0.15, 0.2) is 24.3 Å². The first-order chi connectivity index (χ1) is 9.49. The lowest BCUT2D eigenvalue weighted by atomic mass is 10.1. The fourth-order valence-corrected chi connectivity index (χ4v) is 2.31. The van der Waals surface area contributed by atoms with E-state index in [4.69, 9.17) is 0 Å². The van der Waals surface area contributed by atoms with Gasteiger partial charge in [0.25, 0.3) is 0 Å². The third-order valence-electron chi connectivity index (χ3n) is 3.22. The van der Waals surface area contributed by atoms with Crippen molar-refractivity contribution in [1.82, 2.24) is 9.78 Å². The lowest BCUT2D eigenvalue weighted by Gasteiger charge is -2.08. The van der Waals surface area contributed by atoms with Crippen LogP contribution < -0.4 is 5.32 Å². The lowest BCUT2D eigenvalue weighted by molar-refractivity contribution is 0.0697. The van der Waals surface area contributed by atoms with Crippen LogP contribution in [0.1, 0.15) is 27.2 Å². The minimum atomic E-state index is -0.950. The largest absolute Gasteiger partial charge is 0.477 e. The highest BCUT2D eigenvalue weighted by atomic mass is 16.4. The Morgan fingerprint density at radius 1 is 1.40 bits per heavy atom. The van der Waals surface area contributed by atoms with Crippen LogP contribution in [0, 0.1) is 13.8 Å². The van der Waals surface area contributed by atoms with Crippen LogP contribution in [0.25, 0.3) is 0 Å². The molecule has 0 bridgehead atoms. The van der Waals surface area contributed by atoms with Gasteiger partial charge in [0, 0.05) is 13.6 Å². The highest BCUT2D eigenvalue weighted by Crippen LogP contribution is 2.18. The molecule has 0 aliphatic carbocycles. The van der Waals surface area contributed by atoms with Gasteiger partial charge in [-0.2, -0.15) is 5.10 Å². The Labute approximate surface area is 118 Å². The first kappa shape index (κ1) is 14.1. The fraction of sp³-hybridized carbons (Fsp3) is 0.333. The topological polar surface area (TPSA) is 67.2 Å². The molecule has 0 aliphatic heterocycles. The first-order valence-corrected chi connectivity index (χ1v) is 6.55. The summed E-state index contributed by atoms with van der Waals surface area (Å²) < 4.78 is 1.58. The van der Waals surface area contributed by atoms with Crippen molar-refractivity contribution in [2.45, 2.75) is 20.3 Å². The summed E-state index contributed by atoms with van der Waals surface area (Å²) in [4.78, 5) is 11.2. The number of aryl methyl sites for hydroxylation is 3. The van der Waals surface area contributed by atoms with E-state index in [1.807, 2.05) is 6.07 Å². The summed E-state index contributed by atoms with van der Waals surface area (Å²) in [6.07, 6.45) is 0.838. The number of nitrogens with one attached hydrogen (secondary N) is 1. The van der Waals surface area contributed by atoms with Gasteiger partial charge in [-0.3, -0.25) is 4.68 Å². The number of carboxylic acids is 1.